The fraction of sp³-hybridized carbons (Fsp3) is 0.120. The van der Waals surface area contributed by atoms with E-state index in [4.69, 9.17) is 0 Å². The molecule has 0 saturated carbocycles. The minimum absolute atomic E-state index is 0.170. The molecule has 182 valence electrons. The third kappa shape index (κ3) is 4.12. The van der Waals surface area contributed by atoms with Crippen LogP contribution in [0.4, 0.5) is 27.6 Å². The Kier molecular flexibility index (Phi) is 5.62. The van der Waals surface area contributed by atoms with Gasteiger partial charge in [-0.15, -0.1) is 0 Å². The fourth-order valence-electron chi connectivity index (χ4n) is 4.11. The summed E-state index contributed by atoms with van der Waals surface area (Å²) in [5, 5.41) is 0.631. The van der Waals surface area contributed by atoms with Crippen molar-refractivity contribution >= 4 is 28.4 Å². The molecule has 0 fully saturated rings. The number of hydrogen-bond donors (Lipinski definition) is 0. The number of ether oxygens (including phenoxy) is 1. The molecule has 5 rings (SSSR count). The van der Waals surface area contributed by atoms with Gasteiger partial charge in [-0.3, -0.25) is 19.6 Å². The zero-order valence-electron chi connectivity index (χ0n) is 18.0. The second-order valence-corrected chi connectivity index (χ2v) is 7.90. The standard InChI is InChI=1S/C25H14F5N3O3/c26-24(27)36-17-6-3-13(4-7-17)20-18-11-15(25(28,29)30)12-32-21(18)23(35)33(22(20)34)16-5-8-19-14(10-16)2-1-9-31-19/h1-12,20,24H. The van der Waals surface area contributed by atoms with Crippen LogP contribution < -0.4 is 9.64 Å². The minimum atomic E-state index is -4.77. The van der Waals surface area contributed by atoms with Gasteiger partial charge in [0.25, 0.3) is 5.91 Å². The highest BCUT2D eigenvalue weighted by Crippen LogP contribution is 2.40. The molecule has 0 aliphatic carbocycles. The van der Waals surface area contributed by atoms with E-state index >= 15 is 0 Å². The first kappa shape index (κ1) is 23.3. The number of nitrogens with zero attached hydrogens (tertiary/aromatic N) is 3. The summed E-state index contributed by atoms with van der Waals surface area (Å²) < 4.78 is 69.7. The van der Waals surface area contributed by atoms with Gasteiger partial charge in [-0.2, -0.15) is 22.0 Å². The molecule has 1 atom stereocenters. The molecule has 4 aromatic rings. The van der Waals surface area contributed by atoms with Gasteiger partial charge in [0, 0.05) is 23.3 Å². The number of carbonyl (C=O) groups is 2. The van der Waals surface area contributed by atoms with Crippen molar-refractivity contribution in [2.24, 2.45) is 0 Å². The van der Waals surface area contributed by atoms with Gasteiger partial charge in [-0.25, -0.2) is 4.90 Å². The Morgan fingerprint density at radius 1 is 0.944 bits per heavy atom. The van der Waals surface area contributed by atoms with E-state index in [-0.39, 0.29) is 28.3 Å². The summed E-state index contributed by atoms with van der Waals surface area (Å²) in [5.74, 6) is -3.27. The van der Waals surface area contributed by atoms with E-state index in [1.807, 2.05) is 0 Å². The summed E-state index contributed by atoms with van der Waals surface area (Å²) >= 11 is 0. The number of carbonyl (C=O) groups excluding carboxylic acids is 2. The molecule has 0 spiro atoms. The summed E-state index contributed by atoms with van der Waals surface area (Å²) in [5.41, 5.74) is -0.732. The van der Waals surface area contributed by atoms with Crippen LogP contribution in [0.15, 0.2) is 73.1 Å². The van der Waals surface area contributed by atoms with Gasteiger partial charge in [0.2, 0.25) is 5.91 Å². The average molecular weight is 499 g/mol. The molecule has 2 amide bonds. The molecule has 11 heteroatoms. The molecule has 0 saturated heterocycles. The van der Waals surface area contributed by atoms with E-state index in [1.165, 1.54) is 18.2 Å². The summed E-state index contributed by atoms with van der Waals surface area (Å²) in [6, 6.07) is 13.7. The van der Waals surface area contributed by atoms with Crippen molar-refractivity contribution in [1.29, 1.82) is 0 Å². The predicted molar refractivity (Wildman–Crippen MR) is 118 cm³/mol. The number of halogens is 5. The summed E-state index contributed by atoms with van der Waals surface area (Å²) in [6.45, 7) is -3.08. The van der Waals surface area contributed by atoms with E-state index in [2.05, 4.69) is 14.7 Å². The second kappa shape index (κ2) is 8.67. The van der Waals surface area contributed by atoms with Crippen molar-refractivity contribution in [3.05, 3.63) is 95.4 Å². The number of rotatable bonds is 4. The largest absolute Gasteiger partial charge is 0.435 e. The molecule has 2 aromatic heterocycles. The molecular formula is C25H14F5N3O3. The van der Waals surface area contributed by atoms with Crippen LogP contribution in [-0.4, -0.2) is 28.4 Å². The summed E-state index contributed by atoms with van der Waals surface area (Å²) in [6.07, 6.45) is -2.66. The highest BCUT2D eigenvalue weighted by Gasteiger charge is 2.43. The normalized spacial score (nSPS) is 15.9. The molecule has 6 nitrogen and oxygen atoms in total. The lowest BCUT2D eigenvalue weighted by molar-refractivity contribution is -0.138. The highest BCUT2D eigenvalue weighted by atomic mass is 19.4. The van der Waals surface area contributed by atoms with Gasteiger partial charge < -0.3 is 4.74 Å². The van der Waals surface area contributed by atoms with E-state index in [1.54, 1.807) is 30.5 Å². The molecule has 0 N–H and O–H groups in total. The maximum Gasteiger partial charge on any atom is 0.417 e. The Bertz CT molecular complexity index is 1490. The molecule has 0 radical (unpaired) electrons. The third-order valence-electron chi connectivity index (χ3n) is 5.71. The number of anilines is 1. The van der Waals surface area contributed by atoms with Crippen molar-refractivity contribution in [1.82, 2.24) is 9.97 Å². The van der Waals surface area contributed by atoms with E-state index in [0.717, 1.165) is 17.0 Å². The predicted octanol–water partition coefficient (Wildman–Crippen LogP) is 5.57. The van der Waals surface area contributed by atoms with Crippen LogP contribution >= 0.6 is 0 Å². The maximum atomic E-state index is 13.7. The van der Waals surface area contributed by atoms with Crippen LogP contribution in [0.2, 0.25) is 0 Å². The summed E-state index contributed by atoms with van der Waals surface area (Å²) in [7, 11) is 0. The number of imide groups is 1. The van der Waals surface area contributed by atoms with Gasteiger partial charge in [-0.05, 0) is 48.0 Å². The number of hydrogen-bond acceptors (Lipinski definition) is 5. The number of alkyl halides is 5. The fourth-order valence-corrected chi connectivity index (χ4v) is 4.11. The zero-order chi connectivity index (χ0) is 25.6. The molecule has 3 heterocycles. The quantitative estimate of drug-likeness (QED) is 0.271. The van der Waals surface area contributed by atoms with E-state index in [0.29, 0.717) is 23.2 Å². The number of aromatic nitrogens is 2. The lowest BCUT2D eigenvalue weighted by Crippen LogP contribution is -2.46. The van der Waals surface area contributed by atoms with Crippen LogP contribution in [0.5, 0.6) is 5.75 Å². The van der Waals surface area contributed by atoms with Crippen molar-refractivity contribution < 1.29 is 36.3 Å². The lowest BCUT2D eigenvalue weighted by atomic mass is 9.84. The van der Waals surface area contributed by atoms with E-state index in [9.17, 15) is 31.5 Å². The number of benzene rings is 2. The lowest BCUT2D eigenvalue weighted by Gasteiger charge is -2.32. The second-order valence-electron chi connectivity index (χ2n) is 7.90. The topological polar surface area (TPSA) is 72.4 Å². The first-order valence-corrected chi connectivity index (χ1v) is 10.5. The first-order chi connectivity index (χ1) is 17.1. The highest BCUT2D eigenvalue weighted by molar-refractivity contribution is 6.26. The first-order valence-electron chi connectivity index (χ1n) is 10.5. The van der Waals surface area contributed by atoms with Crippen LogP contribution in [0, 0.1) is 0 Å². The molecule has 2 aromatic carbocycles. The van der Waals surface area contributed by atoms with Crippen molar-refractivity contribution in [2.45, 2.75) is 18.7 Å². The van der Waals surface area contributed by atoms with Crippen molar-refractivity contribution in [3.63, 3.8) is 0 Å². The van der Waals surface area contributed by atoms with Crippen LogP contribution in [0.3, 0.4) is 0 Å². The van der Waals surface area contributed by atoms with Gasteiger partial charge >= 0.3 is 12.8 Å². The Labute approximate surface area is 200 Å². The Morgan fingerprint density at radius 3 is 2.39 bits per heavy atom. The van der Waals surface area contributed by atoms with Crippen LogP contribution in [0.1, 0.15) is 33.1 Å². The maximum absolute atomic E-state index is 13.7. The molecule has 1 unspecified atom stereocenters. The Balaban J connectivity index is 1.66. The van der Waals surface area contributed by atoms with E-state index < -0.39 is 36.1 Å². The van der Waals surface area contributed by atoms with Gasteiger partial charge in [0.15, 0.2) is 0 Å². The smallest absolute Gasteiger partial charge is 0.417 e. The SMILES string of the molecule is O=C1c2ncc(C(F)(F)F)cc2C(c2ccc(OC(F)F)cc2)C(=O)N1c1ccc2ncccc2c1. The molecule has 36 heavy (non-hydrogen) atoms. The van der Waals surface area contributed by atoms with Gasteiger partial charge in [0.1, 0.15) is 11.4 Å². The van der Waals surface area contributed by atoms with Crippen molar-refractivity contribution in [3.8, 4) is 5.75 Å². The number of fused-ring (bicyclic) bond motifs is 2. The molecule has 1 aliphatic rings. The molecule has 0 bridgehead atoms. The van der Waals surface area contributed by atoms with Crippen molar-refractivity contribution in [2.75, 3.05) is 4.90 Å². The monoisotopic (exact) mass is 499 g/mol. The zero-order valence-corrected chi connectivity index (χ0v) is 18.0. The molecular weight excluding hydrogens is 485 g/mol. The summed E-state index contributed by atoms with van der Waals surface area (Å²) in [4.78, 5) is 35.8. The molecule has 1 aliphatic heterocycles. The number of amides is 2. The average Bonchev–Trinajstić information content (AvgIpc) is 2.84. The van der Waals surface area contributed by atoms with Crippen LogP contribution in [0.25, 0.3) is 10.9 Å². The minimum Gasteiger partial charge on any atom is -0.435 e. The number of pyridine rings is 2. The Morgan fingerprint density at radius 2 is 1.69 bits per heavy atom. The third-order valence-corrected chi connectivity index (χ3v) is 5.71. The van der Waals surface area contributed by atoms with Gasteiger partial charge in [-0.1, -0.05) is 18.2 Å². The van der Waals surface area contributed by atoms with Crippen LogP contribution in [-0.2, 0) is 11.0 Å². The van der Waals surface area contributed by atoms with Gasteiger partial charge in [0.05, 0.1) is 22.7 Å². The Hall–Kier alpha value is -4.41.